The zero-order valence-corrected chi connectivity index (χ0v) is 10.2. The zero-order valence-electron chi connectivity index (χ0n) is 10.2. The van der Waals surface area contributed by atoms with Gasteiger partial charge in [0.15, 0.2) is 5.82 Å². The Morgan fingerprint density at radius 1 is 1.33 bits per heavy atom. The molecule has 0 amide bonds. The van der Waals surface area contributed by atoms with Crippen LogP contribution in [0.1, 0.15) is 43.4 Å². The molecule has 1 aromatic rings. The molecule has 1 aromatic heterocycles. The van der Waals surface area contributed by atoms with E-state index in [1.54, 1.807) is 0 Å². The van der Waals surface area contributed by atoms with Crippen LogP contribution in [0, 0.1) is 5.92 Å². The van der Waals surface area contributed by atoms with E-state index in [4.69, 9.17) is 9.84 Å². The van der Waals surface area contributed by atoms with Crippen molar-refractivity contribution in [2.45, 2.75) is 44.8 Å². The SMILES string of the molecule is O=C(O)C1CCn2c(nnc2C2CCCCO2)C1. The molecule has 3 rings (SSSR count). The first-order valence-corrected chi connectivity index (χ1v) is 6.52. The maximum absolute atomic E-state index is 11.0. The molecule has 3 heterocycles. The number of carboxylic acids is 1. The monoisotopic (exact) mass is 251 g/mol. The third-order valence-electron chi connectivity index (χ3n) is 3.80. The van der Waals surface area contributed by atoms with Gasteiger partial charge in [-0.15, -0.1) is 10.2 Å². The fraction of sp³-hybridized carbons (Fsp3) is 0.750. The van der Waals surface area contributed by atoms with Gasteiger partial charge in [0.25, 0.3) is 0 Å². The van der Waals surface area contributed by atoms with Crippen molar-refractivity contribution in [2.75, 3.05) is 6.61 Å². The third-order valence-corrected chi connectivity index (χ3v) is 3.80. The quantitative estimate of drug-likeness (QED) is 0.853. The number of carbonyl (C=O) groups is 1. The highest BCUT2D eigenvalue weighted by molar-refractivity contribution is 5.70. The lowest BCUT2D eigenvalue weighted by Crippen LogP contribution is -2.27. The summed E-state index contributed by atoms with van der Waals surface area (Å²) in [6.45, 7) is 1.47. The van der Waals surface area contributed by atoms with E-state index in [0.29, 0.717) is 19.4 Å². The Balaban J connectivity index is 1.81. The lowest BCUT2D eigenvalue weighted by molar-refractivity contribution is -0.142. The minimum Gasteiger partial charge on any atom is -0.481 e. The van der Waals surface area contributed by atoms with Crippen molar-refractivity contribution in [3.05, 3.63) is 11.6 Å². The lowest BCUT2D eigenvalue weighted by atomic mass is 9.98. The van der Waals surface area contributed by atoms with Crippen LogP contribution in [0.15, 0.2) is 0 Å². The van der Waals surface area contributed by atoms with Crippen LogP contribution in [0.2, 0.25) is 0 Å². The molecule has 98 valence electrons. The van der Waals surface area contributed by atoms with Crippen molar-refractivity contribution in [1.82, 2.24) is 14.8 Å². The molecule has 2 atom stereocenters. The van der Waals surface area contributed by atoms with E-state index in [9.17, 15) is 4.79 Å². The fourth-order valence-corrected chi connectivity index (χ4v) is 2.74. The smallest absolute Gasteiger partial charge is 0.307 e. The Kier molecular flexibility index (Phi) is 3.03. The van der Waals surface area contributed by atoms with Gasteiger partial charge >= 0.3 is 5.97 Å². The summed E-state index contributed by atoms with van der Waals surface area (Å²) in [6.07, 6.45) is 4.43. The van der Waals surface area contributed by atoms with Crippen molar-refractivity contribution in [1.29, 1.82) is 0 Å². The van der Waals surface area contributed by atoms with Crippen LogP contribution >= 0.6 is 0 Å². The van der Waals surface area contributed by atoms with Gasteiger partial charge in [-0.1, -0.05) is 0 Å². The van der Waals surface area contributed by atoms with Crippen LogP contribution < -0.4 is 0 Å². The van der Waals surface area contributed by atoms with E-state index >= 15 is 0 Å². The second-order valence-electron chi connectivity index (χ2n) is 5.01. The third kappa shape index (κ3) is 2.01. The number of ether oxygens (including phenoxy) is 1. The maximum atomic E-state index is 11.0. The number of rotatable bonds is 2. The summed E-state index contributed by atoms with van der Waals surface area (Å²) in [5, 5.41) is 17.4. The number of hydrogen-bond acceptors (Lipinski definition) is 4. The van der Waals surface area contributed by atoms with E-state index in [1.165, 1.54) is 0 Å². The van der Waals surface area contributed by atoms with Crippen LogP contribution in [0.5, 0.6) is 0 Å². The van der Waals surface area contributed by atoms with Crippen LogP contribution in [-0.4, -0.2) is 32.4 Å². The second-order valence-corrected chi connectivity index (χ2v) is 5.01. The van der Waals surface area contributed by atoms with Crippen molar-refractivity contribution >= 4 is 5.97 Å². The molecular weight excluding hydrogens is 234 g/mol. The van der Waals surface area contributed by atoms with Gasteiger partial charge in [-0.2, -0.15) is 0 Å². The Morgan fingerprint density at radius 2 is 2.22 bits per heavy atom. The molecule has 0 saturated carbocycles. The molecule has 0 bridgehead atoms. The number of fused-ring (bicyclic) bond motifs is 1. The Morgan fingerprint density at radius 3 is 2.94 bits per heavy atom. The first-order chi connectivity index (χ1) is 8.75. The van der Waals surface area contributed by atoms with E-state index in [0.717, 1.165) is 37.5 Å². The molecule has 1 fully saturated rings. The molecule has 0 aromatic carbocycles. The number of aliphatic carboxylic acids is 1. The van der Waals surface area contributed by atoms with Gasteiger partial charge in [0.1, 0.15) is 11.9 Å². The molecule has 6 heteroatoms. The largest absolute Gasteiger partial charge is 0.481 e. The van der Waals surface area contributed by atoms with E-state index in [1.807, 2.05) is 0 Å². The van der Waals surface area contributed by atoms with Crippen molar-refractivity contribution in [3.63, 3.8) is 0 Å². The van der Waals surface area contributed by atoms with Crippen LogP contribution in [-0.2, 0) is 22.5 Å². The first kappa shape index (κ1) is 11.6. The summed E-state index contributed by atoms with van der Waals surface area (Å²) in [5.74, 6) is 0.618. The second kappa shape index (κ2) is 4.68. The van der Waals surface area contributed by atoms with Crippen LogP contribution in [0.25, 0.3) is 0 Å². The van der Waals surface area contributed by atoms with Gasteiger partial charge in [0, 0.05) is 19.6 Å². The highest BCUT2D eigenvalue weighted by Crippen LogP contribution is 2.29. The highest BCUT2D eigenvalue weighted by atomic mass is 16.5. The van der Waals surface area contributed by atoms with Gasteiger partial charge in [-0.05, 0) is 25.7 Å². The Labute approximate surface area is 105 Å². The number of hydrogen-bond donors (Lipinski definition) is 1. The van der Waals surface area contributed by atoms with Gasteiger partial charge in [-0.25, -0.2) is 0 Å². The highest BCUT2D eigenvalue weighted by Gasteiger charge is 2.30. The molecule has 0 spiro atoms. The molecule has 2 aliphatic heterocycles. The Hall–Kier alpha value is -1.43. The average molecular weight is 251 g/mol. The van der Waals surface area contributed by atoms with Crippen molar-refractivity contribution < 1.29 is 14.6 Å². The van der Waals surface area contributed by atoms with E-state index in [-0.39, 0.29) is 12.0 Å². The summed E-state index contributed by atoms with van der Waals surface area (Å²) in [6, 6.07) is 0. The normalized spacial score (nSPS) is 27.8. The standard InChI is InChI=1S/C12H17N3O3/c16-12(17)8-4-5-15-10(7-8)13-14-11(15)9-3-1-2-6-18-9/h8-9H,1-7H2,(H,16,17). The van der Waals surface area contributed by atoms with Crippen molar-refractivity contribution in [2.24, 2.45) is 5.92 Å². The number of carboxylic acid groups (broad SMARTS) is 1. The van der Waals surface area contributed by atoms with Crippen molar-refractivity contribution in [3.8, 4) is 0 Å². The first-order valence-electron chi connectivity index (χ1n) is 6.52. The topological polar surface area (TPSA) is 77.2 Å². The zero-order chi connectivity index (χ0) is 12.5. The van der Waals surface area contributed by atoms with E-state index in [2.05, 4.69) is 14.8 Å². The molecule has 0 radical (unpaired) electrons. The van der Waals surface area contributed by atoms with Gasteiger partial charge in [-0.3, -0.25) is 4.79 Å². The molecule has 1 N–H and O–H groups in total. The minimum atomic E-state index is -0.736. The molecule has 18 heavy (non-hydrogen) atoms. The summed E-state index contributed by atoms with van der Waals surface area (Å²) >= 11 is 0. The maximum Gasteiger partial charge on any atom is 0.307 e. The van der Waals surface area contributed by atoms with Crippen LogP contribution in [0.4, 0.5) is 0 Å². The molecule has 2 unspecified atom stereocenters. The predicted octanol–water partition coefficient (Wildman–Crippen LogP) is 1.17. The van der Waals surface area contributed by atoms with Gasteiger partial charge in [0.05, 0.1) is 5.92 Å². The molecule has 1 saturated heterocycles. The summed E-state index contributed by atoms with van der Waals surface area (Å²) in [7, 11) is 0. The Bertz CT molecular complexity index is 451. The summed E-state index contributed by atoms with van der Waals surface area (Å²) in [4.78, 5) is 11.0. The minimum absolute atomic E-state index is 0.0429. The summed E-state index contributed by atoms with van der Waals surface area (Å²) in [5.41, 5.74) is 0. The predicted molar refractivity (Wildman–Crippen MR) is 62.0 cm³/mol. The number of nitrogens with zero attached hydrogens (tertiary/aromatic N) is 3. The van der Waals surface area contributed by atoms with Gasteiger partial charge < -0.3 is 14.4 Å². The molecular formula is C12H17N3O3. The number of aromatic nitrogens is 3. The lowest BCUT2D eigenvalue weighted by Gasteiger charge is -2.25. The molecule has 6 nitrogen and oxygen atoms in total. The molecule has 0 aliphatic carbocycles. The summed E-state index contributed by atoms with van der Waals surface area (Å²) < 4.78 is 7.77. The molecule has 2 aliphatic rings. The van der Waals surface area contributed by atoms with Crippen LogP contribution in [0.3, 0.4) is 0 Å². The average Bonchev–Trinajstić information content (AvgIpc) is 2.82. The van der Waals surface area contributed by atoms with Gasteiger partial charge in [0.2, 0.25) is 0 Å². The van der Waals surface area contributed by atoms with E-state index < -0.39 is 5.97 Å². The fourth-order valence-electron chi connectivity index (χ4n) is 2.74.